The summed E-state index contributed by atoms with van der Waals surface area (Å²) in [5.41, 5.74) is 5.28. The Bertz CT molecular complexity index is 156. The Hall–Kier alpha value is -0.610. The molecule has 76 valence electrons. The van der Waals surface area contributed by atoms with Crippen LogP contribution in [0.2, 0.25) is 0 Å². The van der Waals surface area contributed by atoms with Crippen LogP contribution in [0.15, 0.2) is 0 Å². The van der Waals surface area contributed by atoms with Gasteiger partial charge in [0.05, 0.1) is 0 Å². The van der Waals surface area contributed by atoms with Gasteiger partial charge in [-0.15, -0.1) is 0 Å². The SMILES string of the molecule is NCCNC(=O)CC1CCOCC1. The minimum Gasteiger partial charge on any atom is -0.381 e. The molecule has 1 aliphatic heterocycles. The first-order valence-electron chi connectivity index (χ1n) is 4.87. The summed E-state index contributed by atoms with van der Waals surface area (Å²) >= 11 is 0. The molecule has 1 fully saturated rings. The van der Waals surface area contributed by atoms with E-state index in [1.165, 1.54) is 0 Å². The quantitative estimate of drug-likeness (QED) is 0.643. The summed E-state index contributed by atoms with van der Waals surface area (Å²) in [7, 11) is 0. The Kier molecular flexibility index (Phi) is 4.78. The summed E-state index contributed by atoms with van der Waals surface area (Å²) in [5.74, 6) is 0.629. The topological polar surface area (TPSA) is 64.3 Å². The van der Waals surface area contributed by atoms with Crippen LogP contribution in [0.25, 0.3) is 0 Å². The van der Waals surface area contributed by atoms with Crippen molar-refractivity contribution in [1.82, 2.24) is 5.32 Å². The fourth-order valence-electron chi connectivity index (χ4n) is 1.50. The van der Waals surface area contributed by atoms with Gasteiger partial charge in [-0.1, -0.05) is 0 Å². The van der Waals surface area contributed by atoms with E-state index in [0.29, 0.717) is 25.4 Å². The summed E-state index contributed by atoms with van der Waals surface area (Å²) in [5, 5.41) is 2.77. The molecule has 0 aromatic rings. The highest BCUT2D eigenvalue weighted by Gasteiger charge is 2.16. The Morgan fingerprint density at radius 1 is 1.46 bits per heavy atom. The van der Waals surface area contributed by atoms with Gasteiger partial charge in [0.25, 0.3) is 0 Å². The van der Waals surface area contributed by atoms with Crippen molar-refractivity contribution in [1.29, 1.82) is 0 Å². The van der Waals surface area contributed by atoms with Crippen LogP contribution in [0.1, 0.15) is 19.3 Å². The van der Waals surface area contributed by atoms with Gasteiger partial charge in [0.1, 0.15) is 0 Å². The number of carbonyl (C=O) groups excluding carboxylic acids is 1. The maximum atomic E-state index is 11.3. The number of hydrogen-bond donors (Lipinski definition) is 2. The lowest BCUT2D eigenvalue weighted by molar-refractivity contribution is -0.122. The standard InChI is InChI=1S/C9H18N2O2/c10-3-4-11-9(12)7-8-1-5-13-6-2-8/h8H,1-7,10H2,(H,11,12). The molecular formula is C9H18N2O2. The third-order valence-electron chi connectivity index (χ3n) is 2.28. The van der Waals surface area contributed by atoms with Crippen molar-refractivity contribution in [3.05, 3.63) is 0 Å². The van der Waals surface area contributed by atoms with E-state index in [4.69, 9.17) is 10.5 Å². The highest BCUT2D eigenvalue weighted by molar-refractivity contribution is 5.76. The van der Waals surface area contributed by atoms with Gasteiger partial charge in [-0.25, -0.2) is 0 Å². The second kappa shape index (κ2) is 5.94. The molecule has 1 saturated heterocycles. The third-order valence-corrected chi connectivity index (χ3v) is 2.28. The van der Waals surface area contributed by atoms with Crippen molar-refractivity contribution in [3.63, 3.8) is 0 Å². The van der Waals surface area contributed by atoms with E-state index in [0.717, 1.165) is 26.1 Å². The number of carbonyl (C=O) groups is 1. The van der Waals surface area contributed by atoms with Crippen molar-refractivity contribution in [2.75, 3.05) is 26.3 Å². The molecule has 1 heterocycles. The number of ether oxygens (including phenoxy) is 1. The number of rotatable bonds is 4. The lowest BCUT2D eigenvalue weighted by Gasteiger charge is -2.21. The van der Waals surface area contributed by atoms with Gasteiger partial charge in [0, 0.05) is 32.7 Å². The molecule has 0 atom stereocenters. The molecule has 3 N–H and O–H groups in total. The fraction of sp³-hybridized carbons (Fsp3) is 0.889. The number of hydrogen-bond acceptors (Lipinski definition) is 3. The molecule has 1 aliphatic rings. The van der Waals surface area contributed by atoms with E-state index in [1.54, 1.807) is 0 Å². The maximum Gasteiger partial charge on any atom is 0.220 e. The largest absolute Gasteiger partial charge is 0.381 e. The molecule has 0 radical (unpaired) electrons. The maximum absolute atomic E-state index is 11.3. The van der Waals surface area contributed by atoms with Crippen molar-refractivity contribution in [2.45, 2.75) is 19.3 Å². The van der Waals surface area contributed by atoms with Gasteiger partial charge in [0.2, 0.25) is 5.91 Å². The van der Waals surface area contributed by atoms with Crippen molar-refractivity contribution in [3.8, 4) is 0 Å². The molecule has 0 bridgehead atoms. The van der Waals surface area contributed by atoms with Crippen LogP contribution < -0.4 is 11.1 Å². The predicted molar refractivity (Wildman–Crippen MR) is 50.2 cm³/mol. The molecule has 0 spiro atoms. The van der Waals surface area contributed by atoms with Crippen LogP contribution in [-0.4, -0.2) is 32.2 Å². The molecule has 0 aromatic heterocycles. The summed E-state index contributed by atoms with van der Waals surface area (Å²) in [6, 6.07) is 0. The molecule has 1 rings (SSSR count). The lowest BCUT2D eigenvalue weighted by atomic mass is 9.96. The minimum absolute atomic E-state index is 0.123. The zero-order chi connectivity index (χ0) is 9.52. The zero-order valence-electron chi connectivity index (χ0n) is 7.92. The van der Waals surface area contributed by atoms with Crippen LogP contribution in [-0.2, 0) is 9.53 Å². The molecule has 0 saturated carbocycles. The van der Waals surface area contributed by atoms with Crippen LogP contribution in [0, 0.1) is 5.92 Å². The monoisotopic (exact) mass is 186 g/mol. The highest BCUT2D eigenvalue weighted by atomic mass is 16.5. The first-order valence-corrected chi connectivity index (χ1v) is 4.87. The zero-order valence-corrected chi connectivity index (χ0v) is 7.92. The van der Waals surface area contributed by atoms with Crippen LogP contribution in [0.5, 0.6) is 0 Å². The van der Waals surface area contributed by atoms with Crippen molar-refractivity contribution >= 4 is 5.91 Å². The van der Waals surface area contributed by atoms with E-state index in [-0.39, 0.29) is 5.91 Å². The van der Waals surface area contributed by atoms with E-state index < -0.39 is 0 Å². The van der Waals surface area contributed by atoms with Gasteiger partial charge in [-0.3, -0.25) is 4.79 Å². The number of nitrogens with one attached hydrogen (secondary N) is 1. The van der Waals surface area contributed by atoms with Gasteiger partial charge in [-0.05, 0) is 18.8 Å². The second-order valence-corrected chi connectivity index (χ2v) is 3.40. The van der Waals surface area contributed by atoms with Gasteiger partial charge in [0.15, 0.2) is 0 Å². The molecule has 0 aromatic carbocycles. The lowest BCUT2D eigenvalue weighted by Crippen LogP contribution is -2.31. The fourth-order valence-corrected chi connectivity index (χ4v) is 1.50. The summed E-state index contributed by atoms with van der Waals surface area (Å²) in [4.78, 5) is 11.3. The Balaban J connectivity index is 2.11. The molecule has 1 amide bonds. The Morgan fingerprint density at radius 3 is 2.77 bits per heavy atom. The average molecular weight is 186 g/mol. The van der Waals surface area contributed by atoms with Gasteiger partial charge in [-0.2, -0.15) is 0 Å². The minimum atomic E-state index is 0.123. The summed E-state index contributed by atoms with van der Waals surface area (Å²) in [6.45, 7) is 2.70. The smallest absolute Gasteiger partial charge is 0.220 e. The highest BCUT2D eigenvalue weighted by Crippen LogP contribution is 2.17. The Labute approximate surface area is 78.8 Å². The van der Waals surface area contributed by atoms with E-state index in [9.17, 15) is 4.79 Å². The van der Waals surface area contributed by atoms with Crippen molar-refractivity contribution in [2.24, 2.45) is 11.7 Å². The first-order chi connectivity index (χ1) is 6.33. The molecule has 4 heteroatoms. The molecule has 0 aliphatic carbocycles. The van der Waals surface area contributed by atoms with Gasteiger partial charge >= 0.3 is 0 Å². The number of nitrogens with two attached hydrogens (primary N) is 1. The van der Waals surface area contributed by atoms with E-state index in [2.05, 4.69) is 5.32 Å². The number of amides is 1. The third kappa shape index (κ3) is 4.24. The normalized spacial score (nSPS) is 18.5. The predicted octanol–water partition coefficient (Wildman–Crippen LogP) is -0.122. The first kappa shape index (κ1) is 10.5. The molecular weight excluding hydrogens is 168 g/mol. The molecule has 0 unspecified atom stereocenters. The summed E-state index contributed by atoms with van der Waals surface area (Å²) < 4.78 is 5.21. The van der Waals surface area contributed by atoms with Crippen molar-refractivity contribution < 1.29 is 9.53 Å². The van der Waals surface area contributed by atoms with Crippen LogP contribution in [0.4, 0.5) is 0 Å². The Morgan fingerprint density at radius 2 is 2.15 bits per heavy atom. The molecule has 13 heavy (non-hydrogen) atoms. The van der Waals surface area contributed by atoms with E-state index in [1.807, 2.05) is 0 Å². The van der Waals surface area contributed by atoms with E-state index >= 15 is 0 Å². The van der Waals surface area contributed by atoms with Gasteiger partial charge < -0.3 is 15.8 Å². The molecule has 4 nitrogen and oxygen atoms in total. The summed E-state index contributed by atoms with van der Waals surface area (Å²) in [6.07, 6.45) is 2.65. The van der Waals surface area contributed by atoms with Crippen LogP contribution >= 0.6 is 0 Å². The second-order valence-electron chi connectivity index (χ2n) is 3.40. The van der Waals surface area contributed by atoms with Crippen LogP contribution in [0.3, 0.4) is 0 Å². The average Bonchev–Trinajstić information content (AvgIpc) is 2.16.